The van der Waals surface area contributed by atoms with E-state index in [0.29, 0.717) is 44.4 Å². The normalized spacial score (nSPS) is 20.6. The average Bonchev–Trinajstić information content (AvgIpc) is 3.12. The first-order chi connectivity index (χ1) is 16.9. The predicted octanol–water partition coefficient (Wildman–Crippen LogP) is 3.18. The first-order valence-corrected chi connectivity index (χ1v) is 12.1. The zero-order chi connectivity index (χ0) is 24.9. The van der Waals surface area contributed by atoms with E-state index in [2.05, 4.69) is 23.7 Å². The van der Waals surface area contributed by atoms with Crippen LogP contribution in [0.1, 0.15) is 36.6 Å². The molecule has 0 bridgehead atoms. The number of aliphatic hydroxyl groups excluding tert-OH is 1. The molecule has 4 rings (SSSR count). The van der Waals surface area contributed by atoms with Crippen LogP contribution in [0.4, 0.5) is 0 Å². The molecule has 2 fully saturated rings. The summed E-state index contributed by atoms with van der Waals surface area (Å²) >= 11 is 0. The van der Waals surface area contributed by atoms with Crippen molar-refractivity contribution < 1.29 is 24.2 Å². The van der Waals surface area contributed by atoms with Crippen LogP contribution in [-0.2, 0) is 14.3 Å². The summed E-state index contributed by atoms with van der Waals surface area (Å²) in [6, 6.07) is 8.18. The number of ether oxygens (including phenoxy) is 2. The maximum atomic E-state index is 13.2. The fraction of sp³-hybridized carbons (Fsp3) is 0.444. The van der Waals surface area contributed by atoms with E-state index in [1.54, 1.807) is 47.6 Å². The van der Waals surface area contributed by atoms with Gasteiger partial charge in [0, 0.05) is 44.1 Å². The van der Waals surface area contributed by atoms with Gasteiger partial charge in [-0.25, -0.2) is 0 Å². The van der Waals surface area contributed by atoms with Crippen molar-refractivity contribution in [2.75, 3.05) is 46.0 Å². The van der Waals surface area contributed by atoms with Crippen LogP contribution in [0.2, 0.25) is 0 Å². The van der Waals surface area contributed by atoms with Gasteiger partial charge >= 0.3 is 0 Å². The largest absolute Gasteiger partial charge is 0.507 e. The van der Waals surface area contributed by atoms with E-state index in [4.69, 9.17) is 9.47 Å². The molecule has 0 aliphatic carbocycles. The highest BCUT2D eigenvalue weighted by molar-refractivity contribution is 6.46. The van der Waals surface area contributed by atoms with Crippen LogP contribution in [0.15, 0.2) is 48.3 Å². The Hall–Kier alpha value is -3.23. The monoisotopic (exact) mass is 479 g/mol. The first kappa shape index (κ1) is 24.9. The van der Waals surface area contributed by atoms with Crippen molar-refractivity contribution in [3.05, 3.63) is 65.0 Å². The number of nitrogens with zero attached hydrogens (tertiary/aromatic N) is 3. The van der Waals surface area contributed by atoms with Gasteiger partial charge in [-0.1, -0.05) is 13.8 Å². The number of rotatable bonds is 8. The van der Waals surface area contributed by atoms with Gasteiger partial charge in [0.2, 0.25) is 0 Å². The summed E-state index contributed by atoms with van der Waals surface area (Å²) < 4.78 is 11.3. The maximum Gasteiger partial charge on any atom is 0.295 e. The predicted molar refractivity (Wildman–Crippen MR) is 132 cm³/mol. The second-order valence-electron chi connectivity index (χ2n) is 9.41. The third kappa shape index (κ3) is 5.55. The molecule has 186 valence electrons. The number of morpholine rings is 1. The summed E-state index contributed by atoms with van der Waals surface area (Å²) in [5.74, 6) is -0.347. The number of aromatic nitrogens is 1. The van der Waals surface area contributed by atoms with Gasteiger partial charge in [-0.2, -0.15) is 0 Å². The number of pyridine rings is 1. The SMILES string of the molecule is Cc1cc(/C(O)=C2\C(=O)C(=O)N(CCN3CCOCC3)[C@H]2c2ccncc2)ccc1OCC(C)C. The Labute approximate surface area is 206 Å². The van der Waals surface area contributed by atoms with Crippen LogP contribution in [0.5, 0.6) is 5.75 Å². The molecule has 3 heterocycles. The molecule has 0 radical (unpaired) electrons. The van der Waals surface area contributed by atoms with Gasteiger partial charge in [-0.3, -0.25) is 19.5 Å². The minimum atomic E-state index is -0.684. The standard InChI is InChI=1S/C27H33N3O5/c1-18(2)17-35-22-5-4-21(16-19(22)3)25(31)23-24(20-6-8-28-9-7-20)30(27(33)26(23)32)11-10-29-12-14-34-15-13-29/h4-9,16,18,24,31H,10-15,17H2,1-3H3/b25-23+/t24-/m0/s1. The van der Waals surface area contributed by atoms with E-state index in [1.807, 2.05) is 6.92 Å². The molecule has 2 aliphatic rings. The Morgan fingerprint density at radius 1 is 1.14 bits per heavy atom. The highest BCUT2D eigenvalue weighted by Gasteiger charge is 2.46. The third-order valence-corrected chi connectivity index (χ3v) is 6.34. The summed E-state index contributed by atoms with van der Waals surface area (Å²) in [5, 5.41) is 11.3. The lowest BCUT2D eigenvalue weighted by Crippen LogP contribution is -2.42. The van der Waals surface area contributed by atoms with Crippen LogP contribution in [0, 0.1) is 12.8 Å². The fourth-order valence-corrected chi connectivity index (χ4v) is 4.45. The van der Waals surface area contributed by atoms with Gasteiger partial charge in [0.05, 0.1) is 31.4 Å². The first-order valence-electron chi connectivity index (χ1n) is 12.1. The molecule has 2 aliphatic heterocycles. The molecule has 35 heavy (non-hydrogen) atoms. The smallest absolute Gasteiger partial charge is 0.295 e. The summed E-state index contributed by atoms with van der Waals surface area (Å²) in [6.07, 6.45) is 3.25. The van der Waals surface area contributed by atoms with Crippen molar-refractivity contribution in [1.29, 1.82) is 0 Å². The van der Waals surface area contributed by atoms with Crippen molar-refractivity contribution in [3.8, 4) is 5.75 Å². The summed E-state index contributed by atoms with van der Waals surface area (Å²) in [4.78, 5) is 34.2. The van der Waals surface area contributed by atoms with Gasteiger partial charge in [-0.05, 0) is 54.3 Å². The molecular weight excluding hydrogens is 446 g/mol. The molecule has 0 spiro atoms. The molecule has 1 N–H and O–H groups in total. The summed E-state index contributed by atoms with van der Waals surface area (Å²) in [5.41, 5.74) is 2.15. The number of aryl methyl sites for hydroxylation is 1. The third-order valence-electron chi connectivity index (χ3n) is 6.34. The molecule has 1 aromatic carbocycles. The molecule has 1 amide bonds. The fourth-order valence-electron chi connectivity index (χ4n) is 4.45. The number of amides is 1. The number of aliphatic hydroxyl groups is 1. The van der Waals surface area contributed by atoms with E-state index in [1.165, 1.54) is 0 Å². The highest BCUT2D eigenvalue weighted by Crippen LogP contribution is 2.39. The minimum Gasteiger partial charge on any atom is -0.507 e. The molecule has 1 aromatic heterocycles. The average molecular weight is 480 g/mol. The Morgan fingerprint density at radius 3 is 2.51 bits per heavy atom. The number of carbonyl (C=O) groups excluding carboxylic acids is 2. The molecular formula is C27H33N3O5. The van der Waals surface area contributed by atoms with Crippen LogP contribution in [0.25, 0.3) is 5.76 Å². The Kier molecular flexibility index (Phi) is 7.83. The van der Waals surface area contributed by atoms with Crippen molar-refractivity contribution in [2.45, 2.75) is 26.8 Å². The Morgan fingerprint density at radius 2 is 1.86 bits per heavy atom. The van der Waals surface area contributed by atoms with E-state index < -0.39 is 17.7 Å². The van der Waals surface area contributed by atoms with Crippen molar-refractivity contribution >= 4 is 17.4 Å². The van der Waals surface area contributed by atoms with Crippen LogP contribution in [0.3, 0.4) is 0 Å². The van der Waals surface area contributed by atoms with E-state index in [9.17, 15) is 14.7 Å². The van der Waals surface area contributed by atoms with Crippen LogP contribution >= 0.6 is 0 Å². The molecule has 8 heteroatoms. The molecule has 1 atom stereocenters. The second-order valence-corrected chi connectivity index (χ2v) is 9.41. The number of likely N-dealkylation sites (tertiary alicyclic amines) is 1. The zero-order valence-corrected chi connectivity index (χ0v) is 20.6. The molecule has 0 saturated carbocycles. The summed E-state index contributed by atoms with van der Waals surface area (Å²) in [6.45, 7) is 10.5. The minimum absolute atomic E-state index is 0.0958. The lowest BCUT2D eigenvalue weighted by atomic mass is 9.95. The number of hydrogen-bond donors (Lipinski definition) is 1. The van der Waals surface area contributed by atoms with E-state index in [-0.39, 0.29) is 11.3 Å². The second kappa shape index (κ2) is 11.0. The number of ketones is 1. The van der Waals surface area contributed by atoms with Gasteiger partial charge in [0.25, 0.3) is 11.7 Å². The van der Waals surface area contributed by atoms with Crippen molar-refractivity contribution in [1.82, 2.24) is 14.8 Å². The van der Waals surface area contributed by atoms with Gasteiger partial charge in [-0.15, -0.1) is 0 Å². The lowest BCUT2D eigenvalue weighted by molar-refractivity contribution is -0.140. The van der Waals surface area contributed by atoms with Crippen molar-refractivity contribution in [3.63, 3.8) is 0 Å². The molecule has 2 aromatic rings. The van der Waals surface area contributed by atoms with Crippen LogP contribution in [-0.4, -0.2) is 77.6 Å². The zero-order valence-electron chi connectivity index (χ0n) is 20.6. The molecule has 0 unspecified atom stereocenters. The van der Waals surface area contributed by atoms with Gasteiger partial charge in [0.15, 0.2) is 0 Å². The van der Waals surface area contributed by atoms with E-state index in [0.717, 1.165) is 30.0 Å². The lowest BCUT2D eigenvalue weighted by Gasteiger charge is -2.31. The Balaban J connectivity index is 1.67. The highest BCUT2D eigenvalue weighted by atomic mass is 16.5. The molecule has 8 nitrogen and oxygen atoms in total. The number of Topliss-reactive ketones (excluding diaryl/α,β-unsaturated/α-hetero) is 1. The number of hydrogen-bond acceptors (Lipinski definition) is 7. The topological polar surface area (TPSA) is 92.2 Å². The van der Waals surface area contributed by atoms with Gasteiger partial charge in [0.1, 0.15) is 11.5 Å². The quantitative estimate of drug-likeness (QED) is 0.353. The maximum absolute atomic E-state index is 13.2. The molecule has 2 saturated heterocycles. The van der Waals surface area contributed by atoms with E-state index >= 15 is 0 Å². The number of carbonyl (C=O) groups is 2. The Bertz CT molecular complexity index is 1090. The van der Waals surface area contributed by atoms with Crippen LogP contribution < -0.4 is 4.74 Å². The van der Waals surface area contributed by atoms with Crippen molar-refractivity contribution in [2.24, 2.45) is 5.92 Å². The summed E-state index contributed by atoms with van der Waals surface area (Å²) in [7, 11) is 0. The number of benzene rings is 1. The van der Waals surface area contributed by atoms with Gasteiger partial charge < -0.3 is 19.5 Å².